The zero-order valence-corrected chi connectivity index (χ0v) is 18.1. The molecule has 0 spiro atoms. The number of benzene rings is 2. The van der Waals surface area contributed by atoms with Crippen molar-refractivity contribution in [3.05, 3.63) is 70.9 Å². The maximum absolute atomic E-state index is 12.8. The Bertz CT molecular complexity index is 1260. The number of carbonyl (C=O) groups excluding carboxylic acids is 1. The van der Waals surface area contributed by atoms with E-state index in [1.54, 1.807) is 6.07 Å². The zero-order valence-electron chi connectivity index (χ0n) is 17.3. The second-order valence-electron chi connectivity index (χ2n) is 7.13. The van der Waals surface area contributed by atoms with E-state index in [2.05, 4.69) is 9.72 Å². The van der Waals surface area contributed by atoms with Crippen molar-refractivity contribution < 1.29 is 27.4 Å². The van der Waals surface area contributed by atoms with Gasteiger partial charge in [-0.1, -0.05) is 12.1 Å². The molecule has 2 aromatic heterocycles. The van der Waals surface area contributed by atoms with E-state index in [0.29, 0.717) is 22.9 Å². The molecule has 2 aromatic carbocycles. The third-order valence-electron chi connectivity index (χ3n) is 5.00. The number of thiazole rings is 1. The number of hydrogen-bond donors (Lipinski definition) is 0. The Morgan fingerprint density at radius 3 is 2.56 bits per heavy atom. The molecule has 9 heteroatoms. The van der Waals surface area contributed by atoms with Crippen LogP contribution in [0.5, 0.6) is 5.75 Å². The molecule has 0 fully saturated rings. The molecule has 0 atom stereocenters. The minimum absolute atomic E-state index is 0.173. The van der Waals surface area contributed by atoms with Gasteiger partial charge in [0.05, 0.1) is 30.4 Å². The lowest BCUT2D eigenvalue weighted by Gasteiger charge is -2.08. The molecule has 0 unspecified atom stereocenters. The van der Waals surface area contributed by atoms with Crippen LogP contribution in [0.25, 0.3) is 21.5 Å². The molecule has 4 aromatic rings. The lowest BCUT2D eigenvalue weighted by molar-refractivity contribution is -0.143. The van der Waals surface area contributed by atoms with Crippen molar-refractivity contribution >= 4 is 28.2 Å². The number of rotatable bonds is 6. The molecule has 0 aliphatic rings. The SMILES string of the molecule is COC(=O)COc1ccc2ccn(Cc3sc(-c4ccc(C(F)(F)F)cc4)nc3C)c2c1. The molecular weight excluding hydrogens is 441 g/mol. The average molecular weight is 460 g/mol. The van der Waals surface area contributed by atoms with Gasteiger partial charge in [-0.2, -0.15) is 13.2 Å². The number of fused-ring (bicyclic) bond motifs is 1. The molecule has 166 valence electrons. The summed E-state index contributed by atoms with van der Waals surface area (Å²) in [5.74, 6) is 0.0888. The summed E-state index contributed by atoms with van der Waals surface area (Å²) in [6, 6.07) is 12.6. The summed E-state index contributed by atoms with van der Waals surface area (Å²) in [6.45, 7) is 2.26. The second kappa shape index (κ2) is 8.66. The third-order valence-corrected chi connectivity index (χ3v) is 6.19. The summed E-state index contributed by atoms with van der Waals surface area (Å²) < 4.78 is 50.6. The van der Waals surface area contributed by atoms with Gasteiger partial charge in [0.2, 0.25) is 0 Å². The highest BCUT2D eigenvalue weighted by molar-refractivity contribution is 7.15. The lowest BCUT2D eigenvalue weighted by Crippen LogP contribution is -2.12. The number of hydrogen-bond acceptors (Lipinski definition) is 5. The summed E-state index contributed by atoms with van der Waals surface area (Å²) in [5, 5.41) is 1.69. The highest BCUT2D eigenvalue weighted by Crippen LogP contribution is 2.33. The van der Waals surface area contributed by atoms with E-state index in [1.165, 1.54) is 30.6 Å². The average Bonchev–Trinajstić information content (AvgIpc) is 3.35. The summed E-state index contributed by atoms with van der Waals surface area (Å²) in [5.41, 5.74) is 1.72. The first-order valence-electron chi connectivity index (χ1n) is 9.67. The van der Waals surface area contributed by atoms with E-state index in [0.717, 1.165) is 33.6 Å². The van der Waals surface area contributed by atoms with Crippen LogP contribution < -0.4 is 4.74 Å². The topological polar surface area (TPSA) is 53.4 Å². The quantitative estimate of drug-likeness (QED) is 0.347. The Labute approximate surface area is 186 Å². The number of carbonyl (C=O) groups is 1. The van der Waals surface area contributed by atoms with Crippen molar-refractivity contribution in [2.24, 2.45) is 0 Å². The normalized spacial score (nSPS) is 11.7. The molecule has 0 amide bonds. The Balaban J connectivity index is 1.57. The van der Waals surface area contributed by atoms with E-state index in [4.69, 9.17) is 4.74 Å². The van der Waals surface area contributed by atoms with Gasteiger partial charge in [-0.05, 0) is 42.6 Å². The molecule has 0 saturated heterocycles. The van der Waals surface area contributed by atoms with E-state index < -0.39 is 17.7 Å². The van der Waals surface area contributed by atoms with Gasteiger partial charge >= 0.3 is 12.1 Å². The number of nitrogens with zero attached hydrogens (tertiary/aromatic N) is 2. The van der Waals surface area contributed by atoms with Crippen molar-refractivity contribution in [3.63, 3.8) is 0 Å². The molecule has 5 nitrogen and oxygen atoms in total. The van der Waals surface area contributed by atoms with Gasteiger partial charge in [0.1, 0.15) is 10.8 Å². The van der Waals surface area contributed by atoms with E-state index in [1.807, 2.05) is 35.9 Å². The number of aromatic nitrogens is 2. The number of methoxy groups -OCH3 is 1. The van der Waals surface area contributed by atoms with Gasteiger partial charge in [0.25, 0.3) is 0 Å². The zero-order chi connectivity index (χ0) is 22.9. The number of alkyl halides is 3. The first kappa shape index (κ1) is 21.9. The van der Waals surface area contributed by atoms with Crippen LogP contribution in [0.2, 0.25) is 0 Å². The molecule has 0 bridgehead atoms. The third kappa shape index (κ3) is 4.62. The van der Waals surface area contributed by atoms with Gasteiger partial charge in [0, 0.05) is 22.7 Å². The van der Waals surface area contributed by atoms with Crippen LogP contribution in [0.3, 0.4) is 0 Å². The standard InChI is InChI=1S/C23H19F3N2O3S/c1-14-20(32-22(27-14)16-3-6-17(7-4-16)23(24,25)26)12-28-10-9-15-5-8-18(11-19(15)28)31-13-21(29)30-2/h3-11H,12-13H2,1-2H3. The van der Waals surface area contributed by atoms with E-state index in [9.17, 15) is 18.0 Å². The van der Waals surface area contributed by atoms with Gasteiger partial charge in [-0.25, -0.2) is 9.78 Å². The first-order chi connectivity index (χ1) is 15.2. The Kier molecular flexibility index (Phi) is 5.92. The van der Waals surface area contributed by atoms with Crippen LogP contribution in [-0.2, 0) is 22.3 Å². The molecule has 2 heterocycles. The van der Waals surface area contributed by atoms with E-state index >= 15 is 0 Å². The van der Waals surface area contributed by atoms with E-state index in [-0.39, 0.29) is 6.61 Å². The highest BCUT2D eigenvalue weighted by Gasteiger charge is 2.30. The summed E-state index contributed by atoms with van der Waals surface area (Å²) >= 11 is 1.45. The van der Waals surface area contributed by atoms with Crippen molar-refractivity contribution in [1.82, 2.24) is 9.55 Å². The van der Waals surface area contributed by atoms with Crippen molar-refractivity contribution in [1.29, 1.82) is 0 Å². The van der Waals surface area contributed by atoms with Crippen LogP contribution in [-0.4, -0.2) is 29.2 Å². The lowest BCUT2D eigenvalue weighted by atomic mass is 10.1. The van der Waals surface area contributed by atoms with Crippen LogP contribution in [0.1, 0.15) is 16.1 Å². The molecule has 0 aliphatic carbocycles. The van der Waals surface area contributed by atoms with Crippen molar-refractivity contribution in [2.75, 3.05) is 13.7 Å². The first-order valence-corrected chi connectivity index (χ1v) is 10.5. The molecule has 0 saturated carbocycles. The number of halogens is 3. The van der Waals surface area contributed by atoms with Gasteiger partial charge in [-0.15, -0.1) is 11.3 Å². The fourth-order valence-electron chi connectivity index (χ4n) is 3.25. The number of esters is 1. The van der Waals surface area contributed by atoms with Gasteiger partial charge in [0.15, 0.2) is 6.61 Å². The fourth-order valence-corrected chi connectivity index (χ4v) is 4.31. The molecule has 32 heavy (non-hydrogen) atoms. The molecule has 0 N–H and O–H groups in total. The van der Waals surface area contributed by atoms with Crippen molar-refractivity contribution in [2.45, 2.75) is 19.6 Å². The van der Waals surface area contributed by atoms with Crippen LogP contribution >= 0.6 is 11.3 Å². The predicted octanol–water partition coefficient (Wildman–Crippen LogP) is 5.69. The maximum Gasteiger partial charge on any atom is 0.416 e. The molecule has 4 rings (SSSR count). The van der Waals surface area contributed by atoms with Crippen LogP contribution in [0, 0.1) is 6.92 Å². The number of ether oxygens (including phenoxy) is 2. The number of aryl methyl sites for hydroxylation is 1. The highest BCUT2D eigenvalue weighted by atomic mass is 32.1. The van der Waals surface area contributed by atoms with Gasteiger partial charge < -0.3 is 14.0 Å². The summed E-state index contributed by atoms with van der Waals surface area (Å²) in [6.07, 6.45) is -2.41. The summed E-state index contributed by atoms with van der Waals surface area (Å²) in [7, 11) is 1.30. The summed E-state index contributed by atoms with van der Waals surface area (Å²) in [4.78, 5) is 16.9. The predicted molar refractivity (Wildman–Crippen MR) is 116 cm³/mol. The fraction of sp³-hybridized carbons (Fsp3) is 0.217. The smallest absolute Gasteiger partial charge is 0.416 e. The molecular formula is C23H19F3N2O3S. The van der Waals surface area contributed by atoms with Crippen molar-refractivity contribution in [3.8, 4) is 16.3 Å². The monoisotopic (exact) mass is 460 g/mol. The Morgan fingerprint density at radius 2 is 1.88 bits per heavy atom. The maximum atomic E-state index is 12.8. The Morgan fingerprint density at radius 1 is 1.12 bits per heavy atom. The minimum atomic E-state index is -4.36. The second-order valence-corrected chi connectivity index (χ2v) is 8.22. The molecule has 0 radical (unpaired) electrons. The Hall–Kier alpha value is -3.33. The molecule has 0 aliphatic heterocycles. The van der Waals surface area contributed by atoms with Crippen LogP contribution in [0.15, 0.2) is 54.7 Å². The largest absolute Gasteiger partial charge is 0.482 e. The van der Waals surface area contributed by atoms with Gasteiger partial charge in [-0.3, -0.25) is 0 Å². The van der Waals surface area contributed by atoms with Crippen LogP contribution in [0.4, 0.5) is 13.2 Å². The minimum Gasteiger partial charge on any atom is -0.482 e.